The molecule has 0 saturated carbocycles. The summed E-state index contributed by atoms with van der Waals surface area (Å²) in [6.45, 7) is -1.06. The second kappa shape index (κ2) is 8.45. The van der Waals surface area contributed by atoms with Gasteiger partial charge in [0.2, 0.25) is 0 Å². The SMILES string of the molecule is Cc1nc(NC(=O)c2ccccc2-c2ccccc2C#N)sc1-c1nccn1C(F)F. The van der Waals surface area contributed by atoms with Crippen molar-refractivity contribution in [3.8, 4) is 27.9 Å². The highest BCUT2D eigenvalue weighted by atomic mass is 32.1. The highest BCUT2D eigenvalue weighted by Crippen LogP contribution is 2.34. The van der Waals surface area contributed by atoms with Crippen LogP contribution in [0, 0.1) is 18.3 Å². The Balaban J connectivity index is 1.67. The number of rotatable bonds is 5. The number of carbonyl (C=O) groups excluding carboxylic acids is 1. The van der Waals surface area contributed by atoms with Crippen molar-refractivity contribution in [2.24, 2.45) is 0 Å². The van der Waals surface area contributed by atoms with Crippen LogP contribution in [0.25, 0.3) is 21.8 Å². The van der Waals surface area contributed by atoms with E-state index in [4.69, 9.17) is 0 Å². The van der Waals surface area contributed by atoms with Gasteiger partial charge in [-0.3, -0.25) is 14.7 Å². The second-order valence-corrected chi connectivity index (χ2v) is 7.53. The maximum atomic E-state index is 13.2. The third kappa shape index (κ3) is 3.93. The normalized spacial score (nSPS) is 10.8. The smallest absolute Gasteiger partial charge is 0.298 e. The summed E-state index contributed by atoms with van der Waals surface area (Å²) in [6, 6.07) is 16.1. The van der Waals surface area contributed by atoms with E-state index in [9.17, 15) is 18.8 Å². The number of carbonyl (C=O) groups is 1. The van der Waals surface area contributed by atoms with E-state index in [1.165, 1.54) is 12.4 Å². The lowest BCUT2D eigenvalue weighted by Crippen LogP contribution is -2.13. The van der Waals surface area contributed by atoms with Crippen LogP contribution in [0.4, 0.5) is 13.9 Å². The molecule has 1 N–H and O–H groups in total. The molecule has 2 aromatic carbocycles. The number of amides is 1. The van der Waals surface area contributed by atoms with Crippen molar-refractivity contribution in [2.75, 3.05) is 5.32 Å². The Labute approximate surface area is 180 Å². The number of imidazole rings is 1. The van der Waals surface area contributed by atoms with Crippen LogP contribution >= 0.6 is 11.3 Å². The Hall–Kier alpha value is -3.90. The topological polar surface area (TPSA) is 83.6 Å². The molecule has 0 radical (unpaired) electrons. The Bertz CT molecular complexity index is 1310. The Morgan fingerprint density at radius 2 is 1.87 bits per heavy atom. The molecule has 0 bridgehead atoms. The summed E-state index contributed by atoms with van der Waals surface area (Å²) in [5, 5.41) is 12.4. The fourth-order valence-corrected chi connectivity index (χ4v) is 4.16. The number of hydrogen-bond donors (Lipinski definition) is 1. The standard InChI is InChI=1S/C22H15F2N5OS/c1-13-18(19-26-10-11-29(19)21(23)24)31-22(27-13)28-20(30)17-9-5-4-8-16(17)15-7-3-2-6-14(15)12-25/h2-11,21H,1H3,(H,27,28,30). The van der Waals surface area contributed by atoms with Gasteiger partial charge in [0, 0.05) is 23.5 Å². The summed E-state index contributed by atoms with van der Waals surface area (Å²) in [5.74, 6) is -0.324. The maximum absolute atomic E-state index is 13.2. The zero-order valence-corrected chi connectivity index (χ0v) is 17.0. The van der Waals surface area contributed by atoms with Gasteiger partial charge >= 0.3 is 6.55 Å². The summed E-state index contributed by atoms with van der Waals surface area (Å²) >= 11 is 1.07. The molecule has 2 heterocycles. The van der Waals surface area contributed by atoms with Gasteiger partial charge in [-0.25, -0.2) is 9.97 Å². The molecule has 0 fully saturated rings. The van der Waals surface area contributed by atoms with E-state index < -0.39 is 12.5 Å². The number of nitrogens with one attached hydrogen (secondary N) is 1. The van der Waals surface area contributed by atoms with Crippen LogP contribution in [0.15, 0.2) is 60.9 Å². The van der Waals surface area contributed by atoms with Crippen molar-refractivity contribution in [3.63, 3.8) is 0 Å². The van der Waals surface area contributed by atoms with Gasteiger partial charge < -0.3 is 0 Å². The number of anilines is 1. The van der Waals surface area contributed by atoms with Gasteiger partial charge in [0.1, 0.15) is 0 Å². The molecule has 154 valence electrons. The molecular formula is C22H15F2N5OS. The number of halogens is 2. The molecule has 0 spiro atoms. The summed E-state index contributed by atoms with van der Waals surface area (Å²) in [4.78, 5) is 21.8. The number of aryl methyl sites for hydroxylation is 1. The molecule has 9 heteroatoms. The molecule has 0 aliphatic heterocycles. The lowest BCUT2D eigenvalue weighted by Gasteiger charge is -2.10. The quantitative estimate of drug-likeness (QED) is 0.449. The summed E-state index contributed by atoms with van der Waals surface area (Å²) in [7, 11) is 0. The van der Waals surface area contributed by atoms with E-state index in [0.29, 0.717) is 32.8 Å². The molecule has 0 atom stereocenters. The van der Waals surface area contributed by atoms with Crippen molar-refractivity contribution in [2.45, 2.75) is 13.5 Å². The average Bonchev–Trinajstić information content (AvgIpc) is 3.40. The number of benzene rings is 2. The van der Waals surface area contributed by atoms with Gasteiger partial charge in [-0.1, -0.05) is 47.7 Å². The number of aromatic nitrogens is 3. The first-order valence-corrected chi connectivity index (χ1v) is 10.00. The van der Waals surface area contributed by atoms with Gasteiger partial charge in [-0.15, -0.1) is 0 Å². The van der Waals surface area contributed by atoms with Crippen LogP contribution in [0.5, 0.6) is 0 Å². The van der Waals surface area contributed by atoms with Gasteiger partial charge in [0.15, 0.2) is 11.0 Å². The lowest BCUT2D eigenvalue weighted by molar-refractivity contribution is 0.0720. The summed E-state index contributed by atoms with van der Waals surface area (Å²) in [5.41, 5.74) is 2.56. The largest absolute Gasteiger partial charge is 0.320 e. The van der Waals surface area contributed by atoms with Crippen LogP contribution in [0.2, 0.25) is 0 Å². The lowest BCUT2D eigenvalue weighted by atomic mass is 9.95. The zero-order chi connectivity index (χ0) is 22.0. The molecule has 4 rings (SSSR count). The minimum absolute atomic E-state index is 0.0915. The third-order valence-corrected chi connectivity index (χ3v) is 5.68. The van der Waals surface area contributed by atoms with Gasteiger partial charge in [0.25, 0.3) is 5.91 Å². The van der Waals surface area contributed by atoms with Crippen molar-refractivity contribution in [1.82, 2.24) is 14.5 Å². The van der Waals surface area contributed by atoms with Gasteiger partial charge in [-0.05, 0) is 24.6 Å². The third-order valence-electron chi connectivity index (χ3n) is 4.61. The fourth-order valence-electron chi connectivity index (χ4n) is 3.20. The summed E-state index contributed by atoms with van der Waals surface area (Å²) in [6.07, 6.45) is 2.49. The van der Waals surface area contributed by atoms with Crippen molar-refractivity contribution < 1.29 is 13.6 Å². The summed E-state index contributed by atoms with van der Waals surface area (Å²) < 4.78 is 27.1. The van der Waals surface area contributed by atoms with Gasteiger partial charge in [0.05, 0.1) is 22.2 Å². The first kappa shape index (κ1) is 20.4. The highest BCUT2D eigenvalue weighted by Gasteiger charge is 2.21. The Morgan fingerprint density at radius 3 is 2.61 bits per heavy atom. The molecule has 1 amide bonds. The highest BCUT2D eigenvalue weighted by molar-refractivity contribution is 7.19. The first-order valence-electron chi connectivity index (χ1n) is 9.18. The van der Waals surface area contributed by atoms with Crippen LogP contribution in [-0.4, -0.2) is 20.4 Å². The monoisotopic (exact) mass is 435 g/mol. The Kier molecular flexibility index (Phi) is 5.56. The van der Waals surface area contributed by atoms with Crippen molar-refractivity contribution in [3.05, 3.63) is 77.7 Å². The van der Waals surface area contributed by atoms with E-state index in [0.717, 1.165) is 15.9 Å². The molecule has 6 nitrogen and oxygen atoms in total. The fraction of sp³-hybridized carbons (Fsp3) is 0.0909. The van der Waals surface area contributed by atoms with Crippen molar-refractivity contribution >= 4 is 22.4 Å². The molecule has 2 aromatic heterocycles. The molecule has 0 unspecified atom stereocenters. The maximum Gasteiger partial charge on any atom is 0.320 e. The van der Waals surface area contributed by atoms with E-state index in [1.54, 1.807) is 55.5 Å². The second-order valence-electron chi connectivity index (χ2n) is 6.53. The number of nitriles is 1. The molecule has 0 aliphatic rings. The van der Waals surface area contributed by atoms with Crippen LogP contribution in [0.1, 0.15) is 28.2 Å². The zero-order valence-electron chi connectivity index (χ0n) is 16.2. The molecule has 4 aromatic rings. The number of nitrogens with zero attached hydrogens (tertiary/aromatic N) is 4. The van der Waals surface area contributed by atoms with Crippen LogP contribution < -0.4 is 5.32 Å². The van der Waals surface area contributed by atoms with Crippen molar-refractivity contribution in [1.29, 1.82) is 5.26 Å². The molecular weight excluding hydrogens is 420 g/mol. The first-order chi connectivity index (χ1) is 15.0. The van der Waals surface area contributed by atoms with E-state index in [1.807, 2.05) is 0 Å². The number of alkyl halides is 2. The molecule has 0 aliphatic carbocycles. The number of hydrogen-bond acceptors (Lipinski definition) is 5. The van der Waals surface area contributed by atoms with E-state index in [2.05, 4.69) is 21.4 Å². The van der Waals surface area contributed by atoms with Crippen LogP contribution in [-0.2, 0) is 0 Å². The molecule has 31 heavy (non-hydrogen) atoms. The minimum atomic E-state index is -2.73. The number of thiazole rings is 1. The molecule has 0 saturated heterocycles. The van der Waals surface area contributed by atoms with E-state index in [-0.39, 0.29) is 11.0 Å². The Morgan fingerprint density at radius 1 is 1.16 bits per heavy atom. The minimum Gasteiger partial charge on any atom is -0.298 e. The van der Waals surface area contributed by atoms with Gasteiger partial charge in [-0.2, -0.15) is 14.0 Å². The average molecular weight is 435 g/mol. The predicted molar refractivity (Wildman–Crippen MR) is 114 cm³/mol. The predicted octanol–water partition coefficient (Wildman–Crippen LogP) is 5.50. The van der Waals surface area contributed by atoms with E-state index >= 15 is 0 Å². The van der Waals surface area contributed by atoms with Crippen LogP contribution in [0.3, 0.4) is 0 Å².